The molecule has 122 valence electrons. The van der Waals surface area contributed by atoms with E-state index in [4.69, 9.17) is 16.3 Å². The van der Waals surface area contributed by atoms with Gasteiger partial charge in [-0.25, -0.2) is 4.90 Å². The molecule has 0 atom stereocenters. The Morgan fingerprint density at radius 1 is 1.00 bits per heavy atom. The van der Waals surface area contributed by atoms with Crippen LogP contribution in [0.2, 0.25) is 0 Å². The van der Waals surface area contributed by atoms with E-state index in [1.165, 1.54) is 7.11 Å². The maximum absolute atomic E-state index is 12.9. The Balaban J connectivity index is 2.07. The van der Waals surface area contributed by atoms with Crippen LogP contribution < -0.4 is 9.64 Å². The lowest BCUT2D eigenvalue weighted by atomic mass is 9.99. The highest BCUT2D eigenvalue weighted by Gasteiger charge is 2.39. The number of benzene rings is 2. The number of rotatable bonds is 3. The number of anilines is 1. The second kappa shape index (κ2) is 6.13. The minimum atomic E-state index is -0.523. The van der Waals surface area contributed by atoms with E-state index in [9.17, 15) is 9.59 Å². The Labute approximate surface area is 145 Å². The molecule has 0 saturated heterocycles. The first kappa shape index (κ1) is 16.3. The van der Waals surface area contributed by atoms with Gasteiger partial charge in [0.15, 0.2) is 0 Å². The van der Waals surface area contributed by atoms with Crippen LogP contribution in [0.3, 0.4) is 0 Å². The number of amides is 2. The summed E-state index contributed by atoms with van der Waals surface area (Å²) in [5, 5.41) is -0.0604. The molecule has 5 heteroatoms. The second-order valence-corrected chi connectivity index (χ2v) is 6.03. The van der Waals surface area contributed by atoms with Gasteiger partial charge in [-0.1, -0.05) is 41.4 Å². The molecule has 0 unspecified atom stereocenters. The van der Waals surface area contributed by atoms with Crippen molar-refractivity contribution in [2.24, 2.45) is 0 Å². The van der Waals surface area contributed by atoms with Gasteiger partial charge in [0.2, 0.25) is 0 Å². The van der Waals surface area contributed by atoms with Gasteiger partial charge in [0.25, 0.3) is 11.8 Å². The van der Waals surface area contributed by atoms with E-state index in [-0.39, 0.29) is 10.6 Å². The molecule has 0 radical (unpaired) electrons. The van der Waals surface area contributed by atoms with E-state index >= 15 is 0 Å². The van der Waals surface area contributed by atoms with Crippen LogP contribution in [0.1, 0.15) is 16.7 Å². The van der Waals surface area contributed by atoms with Gasteiger partial charge < -0.3 is 4.74 Å². The van der Waals surface area contributed by atoms with E-state index in [0.717, 1.165) is 16.0 Å². The molecule has 0 spiro atoms. The summed E-state index contributed by atoms with van der Waals surface area (Å²) in [6.07, 6.45) is 0. The van der Waals surface area contributed by atoms with Crippen molar-refractivity contribution in [2.75, 3.05) is 12.0 Å². The van der Waals surface area contributed by atoms with Crippen molar-refractivity contribution in [3.05, 3.63) is 64.2 Å². The smallest absolute Gasteiger partial charge is 0.277 e. The molecule has 0 N–H and O–H groups in total. The summed E-state index contributed by atoms with van der Waals surface area (Å²) in [7, 11) is 1.53. The van der Waals surface area contributed by atoms with E-state index in [1.807, 2.05) is 32.0 Å². The summed E-state index contributed by atoms with van der Waals surface area (Å²) in [4.78, 5) is 26.5. The molecular formula is C19H16ClNO3. The van der Waals surface area contributed by atoms with Crippen LogP contribution in [0.5, 0.6) is 5.75 Å². The molecule has 0 saturated carbocycles. The molecule has 2 amide bonds. The Bertz CT molecular complexity index is 886. The largest absolute Gasteiger partial charge is 0.497 e. The average Bonchev–Trinajstić information content (AvgIpc) is 2.78. The summed E-state index contributed by atoms with van der Waals surface area (Å²) in [5.41, 5.74) is 3.32. The van der Waals surface area contributed by atoms with Crippen molar-refractivity contribution >= 4 is 34.7 Å². The first-order valence-electron chi connectivity index (χ1n) is 7.44. The van der Waals surface area contributed by atoms with E-state index < -0.39 is 11.8 Å². The van der Waals surface area contributed by atoms with Crippen LogP contribution in [0.25, 0.3) is 5.57 Å². The Kier molecular flexibility index (Phi) is 4.16. The van der Waals surface area contributed by atoms with Crippen LogP contribution >= 0.6 is 11.6 Å². The molecule has 0 bridgehead atoms. The normalized spacial score (nSPS) is 14.6. The van der Waals surface area contributed by atoms with Crippen molar-refractivity contribution in [1.82, 2.24) is 0 Å². The number of ether oxygens (including phenoxy) is 1. The van der Waals surface area contributed by atoms with Crippen LogP contribution in [0.4, 0.5) is 5.69 Å². The third-order valence-corrected chi connectivity index (χ3v) is 4.34. The zero-order valence-corrected chi connectivity index (χ0v) is 14.3. The Hall–Kier alpha value is -2.59. The SMILES string of the molecule is COc1cccc(N2C(=O)C(Cl)=C(c3ccc(C)cc3C)C2=O)c1. The van der Waals surface area contributed by atoms with Gasteiger partial charge >= 0.3 is 0 Å². The van der Waals surface area contributed by atoms with Gasteiger partial charge in [0.05, 0.1) is 18.4 Å². The number of hydrogen-bond acceptors (Lipinski definition) is 3. The van der Waals surface area contributed by atoms with Crippen LogP contribution in [-0.4, -0.2) is 18.9 Å². The number of hydrogen-bond donors (Lipinski definition) is 0. The summed E-state index contributed by atoms with van der Waals surface area (Å²) >= 11 is 6.22. The zero-order chi connectivity index (χ0) is 17.4. The standard InChI is InChI=1S/C19H16ClNO3/c1-11-7-8-15(12(2)9-11)16-17(20)19(23)21(18(16)22)13-5-4-6-14(10-13)24-3/h4-10H,1-3H3. The van der Waals surface area contributed by atoms with Gasteiger partial charge in [-0.3, -0.25) is 9.59 Å². The number of methoxy groups -OCH3 is 1. The topological polar surface area (TPSA) is 46.6 Å². The Morgan fingerprint density at radius 3 is 2.42 bits per heavy atom. The Morgan fingerprint density at radius 2 is 1.75 bits per heavy atom. The maximum atomic E-state index is 12.9. The molecule has 1 heterocycles. The fraction of sp³-hybridized carbons (Fsp3) is 0.158. The third-order valence-electron chi connectivity index (χ3n) is 3.99. The lowest BCUT2D eigenvalue weighted by Gasteiger charge is -2.16. The number of nitrogens with zero attached hydrogens (tertiary/aromatic N) is 1. The first-order valence-corrected chi connectivity index (χ1v) is 7.82. The third kappa shape index (κ3) is 2.59. The summed E-state index contributed by atoms with van der Waals surface area (Å²) in [5.74, 6) is -0.390. The predicted octanol–water partition coefficient (Wildman–Crippen LogP) is 3.84. The number of imide groups is 1. The molecule has 4 nitrogen and oxygen atoms in total. The molecule has 0 aromatic heterocycles. The van der Waals surface area contributed by atoms with Gasteiger partial charge in [0.1, 0.15) is 10.8 Å². The molecular weight excluding hydrogens is 326 g/mol. The number of halogens is 1. The molecule has 1 aliphatic rings. The molecule has 3 rings (SSSR count). The van der Waals surface area contributed by atoms with Gasteiger partial charge in [0, 0.05) is 6.07 Å². The lowest BCUT2D eigenvalue weighted by molar-refractivity contribution is -0.119. The van der Waals surface area contributed by atoms with E-state index in [0.29, 0.717) is 17.0 Å². The molecule has 1 aliphatic heterocycles. The summed E-state index contributed by atoms with van der Waals surface area (Å²) in [6.45, 7) is 3.86. The van der Waals surface area contributed by atoms with Crippen molar-refractivity contribution < 1.29 is 14.3 Å². The van der Waals surface area contributed by atoms with Crippen LogP contribution in [0, 0.1) is 13.8 Å². The molecule has 0 aliphatic carbocycles. The maximum Gasteiger partial charge on any atom is 0.277 e. The molecule has 2 aromatic carbocycles. The van der Waals surface area contributed by atoms with Crippen LogP contribution in [-0.2, 0) is 9.59 Å². The summed E-state index contributed by atoms with van der Waals surface area (Å²) in [6, 6.07) is 12.4. The average molecular weight is 342 g/mol. The summed E-state index contributed by atoms with van der Waals surface area (Å²) < 4.78 is 5.16. The van der Waals surface area contributed by atoms with Gasteiger partial charge in [-0.2, -0.15) is 0 Å². The molecule has 2 aromatic rings. The highest BCUT2D eigenvalue weighted by Crippen LogP contribution is 2.36. The molecule has 0 fully saturated rings. The zero-order valence-electron chi connectivity index (χ0n) is 13.6. The monoisotopic (exact) mass is 341 g/mol. The number of aryl methyl sites for hydroxylation is 2. The highest BCUT2D eigenvalue weighted by atomic mass is 35.5. The van der Waals surface area contributed by atoms with Crippen molar-refractivity contribution in [2.45, 2.75) is 13.8 Å². The second-order valence-electron chi connectivity index (χ2n) is 5.65. The number of carbonyl (C=O) groups excluding carboxylic acids is 2. The van der Waals surface area contributed by atoms with Gasteiger partial charge in [-0.05, 0) is 37.1 Å². The van der Waals surface area contributed by atoms with Gasteiger partial charge in [-0.15, -0.1) is 0 Å². The molecule has 24 heavy (non-hydrogen) atoms. The fourth-order valence-electron chi connectivity index (χ4n) is 2.81. The van der Waals surface area contributed by atoms with Crippen LogP contribution in [0.15, 0.2) is 47.5 Å². The lowest BCUT2D eigenvalue weighted by Crippen LogP contribution is -2.31. The fourth-order valence-corrected chi connectivity index (χ4v) is 3.08. The van der Waals surface area contributed by atoms with Crippen molar-refractivity contribution in [3.8, 4) is 5.75 Å². The highest BCUT2D eigenvalue weighted by molar-refractivity contribution is 6.60. The van der Waals surface area contributed by atoms with Crippen molar-refractivity contribution in [1.29, 1.82) is 0 Å². The quantitative estimate of drug-likeness (QED) is 0.797. The van der Waals surface area contributed by atoms with E-state index in [2.05, 4.69) is 0 Å². The predicted molar refractivity (Wildman–Crippen MR) is 94.2 cm³/mol. The van der Waals surface area contributed by atoms with Crippen molar-refractivity contribution in [3.63, 3.8) is 0 Å². The minimum Gasteiger partial charge on any atom is -0.497 e. The minimum absolute atomic E-state index is 0.0604. The number of carbonyl (C=O) groups is 2. The van der Waals surface area contributed by atoms with E-state index in [1.54, 1.807) is 24.3 Å². The first-order chi connectivity index (χ1) is 11.4.